The number of ether oxygens (including phenoxy) is 1. The highest BCUT2D eigenvalue weighted by molar-refractivity contribution is 5.86. The highest BCUT2D eigenvalue weighted by atomic mass is 16.5. The quantitative estimate of drug-likeness (QED) is 0.543. The Morgan fingerprint density at radius 3 is 2.34 bits per heavy atom. The monoisotopic (exact) mass is 471 g/mol. The standard InChI is InChI=1S/C27H29N5O3/c1-17(2)24(31-27(34)35-3)26(33)32-14-4-5-23(32)25-29-16-22(30-25)21-12-10-20(11-13-21)19-8-6-18(15-28)7-9-19/h6-13,16-17,23-24H,4-5,14H2,1-3H3,(H,29,30)(H,31,34)/t23-,24-/m0/s1. The molecule has 2 heterocycles. The number of H-pyrrole nitrogens is 1. The average molecular weight is 472 g/mol. The van der Waals surface area contributed by atoms with E-state index in [4.69, 9.17) is 10.00 Å². The maximum absolute atomic E-state index is 13.3. The second kappa shape index (κ2) is 10.4. The summed E-state index contributed by atoms with van der Waals surface area (Å²) in [5, 5.41) is 11.7. The first-order valence-electron chi connectivity index (χ1n) is 11.7. The number of aromatic amines is 1. The van der Waals surface area contributed by atoms with E-state index in [0.717, 1.165) is 41.1 Å². The molecule has 180 valence electrons. The number of hydrogen-bond acceptors (Lipinski definition) is 5. The van der Waals surface area contributed by atoms with Gasteiger partial charge in [-0.05, 0) is 47.6 Å². The molecule has 1 aromatic heterocycles. The van der Waals surface area contributed by atoms with Crippen molar-refractivity contribution < 1.29 is 14.3 Å². The first-order valence-corrected chi connectivity index (χ1v) is 11.7. The van der Waals surface area contributed by atoms with Crippen LogP contribution in [0.25, 0.3) is 22.4 Å². The lowest BCUT2D eigenvalue weighted by Crippen LogP contribution is -2.51. The van der Waals surface area contributed by atoms with E-state index in [9.17, 15) is 9.59 Å². The molecule has 0 bridgehead atoms. The zero-order chi connectivity index (χ0) is 24.9. The van der Waals surface area contributed by atoms with Crippen molar-refractivity contribution in [1.29, 1.82) is 5.26 Å². The molecule has 0 spiro atoms. The van der Waals surface area contributed by atoms with Crippen LogP contribution in [0, 0.1) is 17.2 Å². The second-order valence-electron chi connectivity index (χ2n) is 9.00. The highest BCUT2D eigenvalue weighted by Gasteiger charge is 2.37. The highest BCUT2D eigenvalue weighted by Crippen LogP contribution is 2.33. The SMILES string of the molecule is COC(=O)N[C@H](C(=O)N1CCC[C@H]1c1ncc(-c2ccc(-c3ccc(C#N)cc3)cc2)[nH]1)C(C)C. The average Bonchev–Trinajstić information content (AvgIpc) is 3.56. The minimum atomic E-state index is -0.660. The summed E-state index contributed by atoms with van der Waals surface area (Å²) in [5.74, 6) is 0.532. The first kappa shape index (κ1) is 24.0. The van der Waals surface area contributed by atoms with Gasteiger partial charge < -0.3 is 19.9 Å². The van der Waals surface area contributed by atoms with Crippen molar-refractivity contribution >= 4 is 12.0 Å². The fourth-order valence-corrected chi connectivity index (χ4v) is 4.42. The molecule has 35 heavy (non-hydrogen) atoms. The van der Waals surface area contributed by atoms with Crippen molar-refractivity contribution in [3.05, 3.63) is 66.1 Å². The van der Waals surface area contributed by atoms with Gasteiger partial charge in [0, 0.05) is 6.54 Å². The lowest BCUT2D eigenvalue weighted by molar-refractivity contribution is -0.135. The lowest BCUT2D eigenvalue weighted by atomic mass is 10.0. The van der Waals surface area contributed by atoms with Crippen LogP contribution >= 0.6 is 0 Å². The van der Waals surface area contributed by atoms with Gasteiger partial charge in [-0.15, -0.1) is 0 Å². The molecular weight excluding hydrogens is 442 g/mol. The molecule has 4 rings (SSSR count). The van der Waals surface area contributed by atoms with Crippen LogP contribution in [-0.2, 0) is 9.53 Å². The normalized spacial score (nSPS) is 16.1. The van der Waals surface area contributed by atoms with Crippen molar-refractivity contribution in [2.75, 3.05) is 13.7 Å². The molecule has 1 saturated heterocycles. The number of imidazole rings is 1. The third-order valence-corrected chi connectivity index (χ3v) is 6.38. The number of alkyl carbamates (subject to hydrolysis) is 1. The Balaban J connectivity index is 1.50. The van der Waals surface area contributed by atoms with E-state index in [2.05, 4.69) is 21.4 Å². The molecule has 1 fully saturated rings. The Bertz CT molecular complexity index is 1220. The molecule has 8 heteroatoms. The van der Waals surface area contributed by atoms with Crippen molar-refractivity contribution in [3.63, 3.8) is 0 Å². The lowest BCUT2D eigenvalue weighted by Gasteiger charge is -2.30. The van der Waals surface area contributed by atoms with Crippen LogP contribution < -0.4 is 5.32 Å². The van der Waals surface area contributed by atoms with Crippen LogP contribution in [-0.4, -0.2) is 46.6 Å². The van der Waals surface area contributed by atoms with Crippen molar-refractivity contribution in [2.45, 2.75) is 38.8 Å². The maximum atomic E-state index is 13.3. The molecule has 0 aliphatic carbocycles. The summed E-state index contributed by atoms with van der Waals surface area (Å²) in [5.41, 5.74) is 4.60. The number of nitrogens with one attached hydrogen (secondary N) is 2. The number of carbonyl (C=O) groups excluding carboxylic acids is 2. The molecule has 2 N–H and O–H groups in total. The number of nitrogens with zero attached hydrogens (tertiary/aromatic N) is 3. The first-order chi connectivity index (χ1) is 16.9. The van der Waals surface area contributed by atoms with Gasteiger partial charge in [0.05, 0.1) is 36.7 Å². The third kappa shape index (κ3) is 5.19. The summed E-state index contributed by atoms with van der Waals surface area (Å²) in [6.07, 6.45) is 2.85. The number of benzene rings is 2. The van der Waals surface area contributed by atoms with E-state index in [1.807, 2.05) is 62.4 Å². The fourth-order valence-electron chi connectivity index (χ4n) is 4.42. The maximum Gasteiger partial charge on any atom is 0.407 e. The van der Waals surface area contributed by atoms with Crippen LogP contribution in [0.5, 0.6) is 0 Å². The number of amides is 2. The molecular formula is C27H29N5O3. The van der Waals surface area contributed by atoms with Crippen molar-refractivity contribution in [2.24, 2.45) is 5.92 Å². The van der Waals surface area contributed by atoms with Gasteiger partial charge in [-0.1, -0.05) is 50.2 Å². The van der Waals surface area contributed by atoms with E-state index in [-0.39, 0.29) is 17.9 Å². The number of likely N-dealkylation sites (tertiary alicyclic amines) is 1. The predicted octanol–water partition coefficient (Wildman–Crippen LogP) is 4.66. The number of carbonyl (C=O) groups is 2. The minimum absolute atomic E-state index is 0.0790. The van der Waals surface area contributed by atoms with Gasteiger partial charge in [0.2, 0.25) is 5.91 Å². The number of aromatic nitrogens is 2. The summed E-state index contributed by atoms with van der Waals surface area (Å²) < 4.78 is 4.70. The zero-order valence-corrected chi connectivity index (χ0v) is 20.1. The number of rotatable bonds is 6. The van der Waals surface area contributed by atoms with E-state index in [1.54, 1.807) is 11.1 Å². The Labute approximate surface area is 204 Å². The largest absolute Gasteiger partial charge is 0.453 e. The predicted molar refractivity (Wildman–Crippen MR) is 132 cm³/mol. The van der Waals surface area contributed by atoms with Crippen molar-refractivity contribution in [3.8, 4) is 28.5 Å². The van der Waals surface area contributed by atoms with Gasteiger partial charge in [0.1, 0.15) is 11.9 Å². The number of hydrogen-bond donors (Lipinski definition) is 2. The summed E-state index contributed by atoms with van der Waals surface area (Å²) in [6, 6.07) is 16.9. The molecule has 1 aliphatic heterocycles. The van der Waals surface area contributed by atoms with Crippen LogP contribution in [0.1, 0.15) is 44.1 Å². The fraction of sp³-hybridized carbons (Fsp3) is 0.333. The summed E-state index contributed by atoms with van der Waals surface area (Å²) in [4.78, 5) is 34.9. The smallest absolute Gasteiger partial charge is 0.407 e. The van der Waals surface area contributed by atoms with Crippen molar-refractivity contribution in [1.82, 2.24) is 20.2 Å². The summed E-state index contributed by atoms with van der Waals surface area (Å²) in [6.45, 7) is 4.41. The Morgan fingerprint density at radius 1 is 1.11 bits per heavy atom. The van der Waals surface area contributed by atoms with E-state index in [0.29, 0.717) is 12.1 Å². The van der Waals surface area contributed by atoms with Crippen LogP contribution in [0.4, 0.5) is 4.79 Å². The Kier molecular flexibility index (Phi) is 7.16. The molecule has 2 aromatic carbocycles. The van der Waals surface area contributed by atoms with E-state index in [1.165, 1.54) is 7.11 Å². The molecule has 0 radical (unpaired) electrons. The molecule has 2 amide bonds. The summed E-state index contributed by atoms with van der Waals surface area (Å²) in [7, 11) is 1.29. The molecule has 2 atom stereocenters. The zero-order valence-electron chi connectivity index (χ0n) is 20.1. The van der Waals surface area contributed by atoms with Crippen LogP contribution in [0.2, 0.25) is 0 Å². The Hall–Kier alpha value is -4.12. The van der Waals surface area contributed by atoms with E-state index >= 15 is 0 Å². The van der Waals surface area contributed by atoms with Crippen LogP contribution in [0.15, 0.2) is 54.7 Å². The Morgan fingerprint density at radius 2 is 1.74 bits per heavy atom. The van der Waals surface area contributed by atoms with Gasteiger partial charge in [-0.25, -0.2) is 9.78 Å². The van der Waals surface area contributed by atoms with Gasteiger partial charge in [0.15, 0.2) is 0 Å². The molecule has 0 saturated carbocycles. The van der Waals surface area contributed by atoms with Crippen LogP contribution in [0.3, 0.4) is 0 Å². The molecule has 3 aromatic rings. The number of methoxy groups -OCH3 is 1. The topological polar surface area (TPSA) is 111 Å². The van der Waals surface area contributed by atoms with Gasteiger partial charge >= 0.3 is 6.09 Å². The van der Waals surface area contributed by atoms with Gasteiger partial charge in [-0.3, -0.25) is 4.79 Å². The molecule has 0 unspecified atom stereocenters. The molecule has 1 aliphatic rings. The second-order valence-corrected chi connectivity index (χ2v) is 9.00. The number of nitriles is 1. The van der Waals surface area contributed by atoms with Gasteiger partial charge in [-0.2, -0.15) is 5.26 Å². The molecule has 8 nitrogen and oxygen atoms in total. The van der Waals surface area contributed by atoms with Gasteiger partial charge in [0.25, 0.3) is 0 Å². The third-order valence-electron chi connectivity index (χ3n) is 6.38. The summed E-state index contributed by atoms with van der Waals surface area (Å²) >= 11 is 0. The van der Waals surface area contributed by atoms with E-state index < -0.39 is 12.1 Å². The minimum Gasteiger partial charge on any atom is -0.453 e.